The molecule has 3 rings (SSSR count). The summed E-state index contributed by atoms with van der Waals surface area (Å²) in [6.45, 7) is 6.78. The molecule has 1 atom stereocenters. The fourth-order valence-electron chi connectivity index (χ4n) is 4.24. The van der Waals surface area contributed by atoms with E-state index in [1.165, 1.54) is 22.5 Å². The van der Waals surface area contributed by atoms with Gasteiger partial charge in [-0.3, -0.25) is 14.8 Å². The first-order valence-electron chi connectivity index (χ1n) is 10.7. The first kappa shape index (κ1) is 23.2. The Morgan fingerprint density at radius 1 is 1.19 bits per heavy atom. The zero-order valence-corrected chi connectivity index (χ0v) is 19.4. The Labute approximate surface area is 183 Å². The van der Waals surface area contributed by atoms with Gasteiger partial charge in [0, 0.05) is 37.5 Å². The van der Waals surface area contributed by atoms with Crippen LogP contribution in [-0.2, 0) is 17.1 Å². The lowest BCUT2D eigenvalue weighted by atomic mass is 10.0. The van der Waals surface area contributed by atoms with E-state index in [4.69, 9.17) is 0 Å². The summed E-state index contributed by atoms with van der Waals surface area (Å²) in [7, 11) is -1.90. The second-order valence-corrected chi connectivity index (χ2v) is 10.0. The van der Waals surface area contributed by atoms with Gasteiger partial charge in [-0.05, 0) is 45.2 Å². The van der Waals surface area contributed by atoms with Gasteiger partial charge in [0.2, 0.25) is 10.0 Å². The summed E-state index contributed by atoms with van der Waals surface area (Å²) in [4.78, 5) is 11.3. The van der Waals surface area contributed by atoms with E-state index in [0.717, 1.165) is 42.6 Å². The van der Waals surface area contributed by atoms with Crippen molar-refractivity contribution in [2.45, 2.75) is 63.8 Å². The van der Waals surface area contributed by atoms with Gasteiger partial charge in [0.1, 0.15) is 5.69 Å². The number of rotatable bonds is 7. The SMILES string of the molecule is CCC(Nc1ccc(S(=O)(=O)N2CCCCCC2)cc1[N+](=O)[O-])c1c(C)nn(C)c1C. The lowest BCUT2D eigenvalue weighted by Gasteiger charge is -2.21. The van der Waals surface area contributed by atoms with E-state index >= 15 is 0 Å². The largest absolute Gasteiger partial charge is 0.373 e. The normalized spacial score (nSPS) is 16.6. The van der Waals surface area contributed by atoms with Gasteiger partial charge in [-0.2, -0.15) is 9.40 Å². The van der Waals surface area contributed by atoms with Crippen LogP contribution in [0.1, 0.15) is 62.0 Å². The molecule has 2 heterocycles. The highest BCUT2D eigenvalue weighted by Gasteiger charge is 2.29. The molecule has 0 spiro atoms. The molecule has 1 aromatic heterocycles. The van der Waals surface area contributed by atoms with Crippen LogP contribution in [0.15, 0.2) is 23.1 Å². The van der Waals surface area contributed by atoms with Crippen LogP contribution < -0.4 is 5.32 Å². The van der Waals surface area contributed by atoms with Gasteiger partial charge in [-0.1, -0.05) is 19.8 Å². The average molecular weight is 450 g/mol. The third-order valence-electron chi connectivity index (χ3n) is 6.02. The smallest absolute Gasteiger partial charge is 0.293 e. The van der Waals surface area contributed by atoms with Crippen LogP contribution in [0.5, 0.6) is 0 Å². The van der Waals surface area contributed by atoms with Crippen molar-refractivity contribution in [3.63, 3.8) is 0 Å². The zero-order chi connectivity index (χ0) is 22.8. The van der Waals surface area contributed by atoms with Crippen LogP contribution in [0.2, 0.25) is 0 Å². The van der Waals surface area contributed by atoms with E-state index in [-0.39, 0.29) is 16.6 Å². The van der Waals surface area contributed by atoms with E-state index < -0.39 is 14.9 Å². The summed E-state index contributed by atoms with van der Waals surface area (Å²) in [5.41, 5.74) is 2.91. The Morgan fingerprint density at radius 2 is 1.84 bits per heavy atom. The molecule has 1 fully saturated rings. The van der Waals surface area contributed by atoms with Gasteiger partial charge in [-0.15, -0.1) is 0 Å². The topological polar surface area (TPSA) is 110 Å². The Balaban J connectivity index is 1.96. The lowest BCUT2D eigenvalue weighted by Crippen LogP contribution is -2.32. The third-order valence-corrected chi connectivity index (χ3v) is 7.91. The molecule has 170 valence electrons. The van der Waals surface area contributed by atoms with Crippen LogP contribution in [-0.4, -0.2) is 40.5 Å². The molecule has 0 saturated carbocycles. The number of anilines is 1. The van der Waals surface area contributed by atoms with E-state index in [0.29, 0.717) is 25.2 Å². The molecule has 10 heteroatoms. The number of nitrogens with zero attached hydrogens (tertiary/aromatic N) is 4. The van der Waals surface area contributed by atoms with E-state index in [1.807, 2.05) is 27.8 Å². The predicted molar refractivity (Wildman–Crippen MR) is 120 cm³/mol. The second kappa shape index (κ2) is 9.35. The highest BCUT2D eigenvalue weighted by Crippen LogP contribution is 2.34. The van der Waals surface area contributed by atoms with Crippen molar-refractivity contribution in [1.29, 1.82) is 0 Å². The van der Waals surface area contributed by atoms with Crippen molar-refractivity contribution in [3.05, 3.63) is 45.3 Å². The molecule has 0 amide bonds. The number of sulfonamides is 1. The van der Waals surface area contributed by atoms with Crippen LogP contribution in [0.3, 0.4) is 0 Å². The number of nitrogens with one attached hydrogen (secondary N) is 1. The van der Waals surface area contributed by atoms with Crippen LogP contribution in [0, 0.1) is 24.0 Å². The molecule has 1 N–H and O–H groups in total. The van der Waals surface area contributed by atoms with Gasteiger partial charge in [0.25, 0.3) is 5.69 Å². The Bertz CT molecular complexity index is 1060. The van der Waals surface area contributed by atoms with Gasteiger partial charge in [0.15, 0.2) is 0 Å². The van der Waals surface area contributed by atoms with Crippen molar-refractivity contribution in [2.24, 2.45) is 7.05 Å². The summed E-state index contributed by atoms with van der Waals surface area (Å²) in [5, 5.41) is 19.5. The molecule has 31 heavy (non-hydrogen) atoms. The Hall–Kier alpha value is -2.46. The molecule has 9 nitrogen and oxygen atoms in total. The molecule has 1 aromatic carbocycles. The number of aryl methyl sites for hydroxylation is 2. The number of nitro benzene ring substituents is 1. The molecule has 2 aromatic rings. The van der Waals surface area contributed by atoms with Crippen molar-refractivity contribution in [3.8, 4) is 0 Å². The number of aromatic nitrogens is 2. The van der Waals surface area contributed by atoms with Gasteiger partial charge >= 0.3 is 0 Å². The second-order valence-electron chi connectivity index (χ2n) is 8.07. The Morgan fingerprint density at radius 3 is 2.35 bits per heavy atom. The fraction of sp³-hybridized carbons (Fsp3) is 0.571. The van der Waals surface area contributed by atoms with Crippen LogP contribution in [0.4, 0.5) is 11.4 Å². The summed E-state index contributed by atoms with van der Waals surface area (Å²) >= 11 is 0. The van der Waals surface area contributed by atoms with E-state index in [2.05, 4.69) is 10.4 Å². The van der Waals surface area contributed by atoms with Gasteiger partial charge in [-0.25, -0.2) is 8.42 Å². The molecular weight excluding hydrogens is 418 g/mol. The summed E-state index contributed by atoms with van der Waals surface area (Å²) in [6.07, 6.45) is 4.31. The first-order valence-corrected chi connectivity index (χ1v) is 12.2. The van der Waals surface area contributed by atoms with Gasteiger partial charge < -0.3 is 5.32 Å². The van der Waals surface area contributed by atoms with Crippen molar-refractivity contribution in [2.75, 3.05) is 18.4 Å². The van der Waals surface area contributed by atoms with Crippen LogP contribution in [0.25, 0.3) is 0 Å². The predicted octanol–water partition coefficient (Wildman–Crippen LogP) is 4.07. The quantitative estimate of drug-likeness (QED) is 0.504. The Kier molecular flexibility index (Phi) is 7.00. The summed E-state index contributed by atoms with van der Waals surface area (Å²) in [5.74, 6) is 0. The lowest BCUT2D eigenvalue weighted by molar-refractivity contribution is -0.384. The minimum atomic E-state index is -3.77. The minimum Gasteiger partial charge on any atom is -0.373 e. The zero-order valence-electron chi connectivity index (χ0n) is 18.6. The van der Waals surface area contributed by atoms with Gasteiger partial charge in [0.05, 0.1) is 21.6 Å². The molecule has 0 bridgehead atoms. The average Bonchev–Trinajstić information content (AvgIpc) is 2.93. The highest BCUT2D eigenvalue weighted by atomic mass is 32.2. The molecule has 1 saturated heterocycles. The maximum absolute atomic E-state index is 13.1. The number of nitro groups is 1. The van der Waals surface area contributed by atoms with Crippen LogP contribution >= 0.6 is 0 Å². The summed E-state index contributed by atoms with van der Waals surface area (Å²) in [6, 6.07) is 3.97. The molecular formula is C21H31N5O4S. The molecule has 1 aliphatic rings. The first-order chi connectivity index (χ1) is 14.7. The van der Waals surface area contributed by atoms with Crippen molar-refractivity contribution >= 4 is 21.4 Å². The molecule has 0 aliphatic carbocycles. The number of hydrogen-bond acceptors (Lipinski definition) is 6. The maximum atomic E-state index is 13.1. The monoisotopic (exact) mass is 449 g/mol. The van der Waals surface area contributed by atoms with E-state index in [1.54, 1.807) is 4.68 Å². The van der Waals surface area contributed by atoms with E-state index in [9.17, 15) is 18.5 Å². The molecule has 1 unspecified atom stereocenters. The maximum Gasteiger partial charge on any atom is 0.293 e. The fourth-order valence-corrected chi connectivity index (χ4v) is 5.77. The standard InChI is InChI=1S/C21H31N5O4S/c1-5-18(21-15(2)23-24(4)16(21)3)22-19-11-10-17(14-20(19)26(27)28)31(29,30)25-12-8-6-7-9-13-25/h10-11,14,18,22H,5-9,12-13H2,1-4H3. The number of benzene rings is 1. The molecule has 1 aliphatic heterocycles. The number of hydrogen-bond donors (Lipinski definition) is 1. The van der Waals surface area contributed by atoms with Crippen molar-refractivity contribution in [1.82, 2.24) is 14.1 Å². The third kappa shape index (κ3) is 4.74. The van der Waals surface area contributed by atoms with Crippen molar-refractivity contribution < 1.29 is 13.3 Å². The minimum absolute atomic E-state index is 0.0339. The summed E-state index contributed by atoms with van der Waals surface area (Å²) < 4.78 is 29.4. The molecule has 0 radical (unpaired) electrons. The highest BCUT2D eigenvalue weighted by molar-refractivity contribution is 7.89.